The molecule has 2 aromatic carbocycles. The first-order chi connectivity index (χ1) is 16.3. The monoisotopic (exact) mass is 520 g/mol. The predicted molar refractivity (Wildman–Crippen MR) is 127 cm³/mol. The molecule has 0 radical (unpaired) electrons. The van der Waals surface area contributed by atoms with Gasteiger partial charge in [0.05, 0.1) is 12.7 Å². The Morgan fingerprint density at radius 1 is 1.06 bits per heavy atom. The summed E-state index contributed by atoms with van der Waals surface area (Å²) in [4.78, 5) is 55.9. The summed E-state index contributed by atoms with van der Waals surface area (Å²) in [5.74, 6) is -2.98. The number of alkyl carbamates (subject to hydrolysis) is 1. The Morgan fingerprint density at radius 3 is 2.31 bits per heavy atom. The van der Waals surface area contributed by atoms with E-state index in [-0.39, 0.29) is 26.9 Å². The lowest BCUT2D eigenvalue weighted by atomic mass is 9.71. The second-order valence-corrected chi connectivity index (χ2v) is 10.0. The molecule has 2 amide bonds. The molecule has 2 atom stereocenters. The second kappa shape index (κ2) is 8.13. The molecule has 0 fully saturated rings. The number of fused-ring (bicyclic) bond motifs is 2. The highest BCUT2D eigenvalue weighted by Crippen LogP contribution is 2.53. The molecule has 0 aromatic heterocycles. The van der Waals surface area contributed by atoms with Crippen LogP contribution in [0.5, 0.6) is 5.75 Å². The lowest BCUT2D eigenvalue weighted by Crippen LogP contribution is -2.74. The third-order valence-corrected chi connectivity index (χ3v) is 6.28. The summed E-state index contributed by atoms with van der Waals surface area (Å²) in [6.45, 7) is 4.87. The molecular formula is C24H22Cl2N2O7. The molecule has 2 heterocycles. The van der Waals surface area contributed by atoms with E-state index < -0.39 is 40.5 Å². The van der Waals surface area contributed by atoms with Crippen LogP contribution in [0.4, 0.5) is 10.5 Å². The van der Waals surface area contributed by atoms with E-state index in [0.717, 1.165) is 7.11 Å². The van der Waals surface area contributed by atoms with Crippen molar-refractivity contribution in [3.05, 3.63) is 57.6 Å². The first-order valence-electron chi connectivity index (χ1n) is 10.5. The molecule has 2 aliphatic rings. The van der Waals surface area contributed by atoms with E-state index in [1.54, 1.807) is 20.8 Å². The SMILES string of the molecule is COC(=O)[C@@]1([C@@]2(NC(=O)OC(C)(C)C)C(=O)N(C)c3ccc(Cl)cc32)Oc2ccc(Cl)cc2C1=O. The number of nitrogens with zero attached hydrogens (tertiary/aromatic N) is 1. The molecule has 0 aliphatic carbocycles. The van der Waals surface area contributed by atoms with Crippen molar-refractivity contribution in [3.8, 4) is 5.75 Å². The number of carbonyl (C=O) groups excluding carboxylic acids is 4. The van der Waals surface area contributed by atoms with Gasteiger partial charge in [0.2, 0.25) is 11.3 Å². The number of esters is 1. The molecule has 2 aromatic rings. The Labute approximate surface area is 211 Å². The molecule has 35 heavy (non-hydrogen) atoms. The van der Waals surface area contributed by atoms with Gasteiger partial charge >= 0.3 is 17.7 Å². The van der Waals surface area contributed by atoms with Gasteiger partial charge in [0.15, 0.2) is 0 Å². The van der Waals surface area contributed by atoms with E-state index in [0.29, 0.717) is 5.69 Å². The summed E-state index contributed by atoms with van der Waals surface area (Å²) in [5, 5.41) is 2.89. The van der Waals surface area contributed by atoms with Crippen molar-refractivity contribution in [1.29, 1.82) is 0 Å². The van der Waals surface area contributed by atoms with Crippen molar-refractivity contribution in [3.63, 3.8) is 0 Å². The van der Waals surface area contributed by atoms with Crippen LogP contribution in [0.1, 0.15) is 36.7 Å². The summed E-state index contributed by atoms with van der Waals surface area (Å²) in [7, 11) is 2.47. The number of nitrogens with one attached hydrogen (secondary N) is 1. The van der Waals surface area contributed by atoms with Crippen LogP contribution in [0.2, 0.25) is 10.0 Å². The van der Waals surface area contributed by atoms with Crippen molar-refractivity contribution in [1.82, 2.24) is 5.32 Å². The highest BCUT2D eigenvalue weighted by Gasteiger charge is 2.76. The van der Waals surface area contributed by atoms with Crippen molar-refractivity contribution in [2.24, 2.45) is 0 Å². The molecule has 11 heteroatoms. The van der Waals surface area contributed by atoms with Gasteiger partial charge in [-0.1, -0.05) is 23.2 Å². The Balaban J connectivity index is 2.06. The van der Waals surface area contributed by atoms with Gasteiger partial charge in [-0.15, -0.1) is 0 Å². The first kappa shape index (κ1) is 24.8. The Kier molecular flexibility index (Phi) is 5.77. The highest BCUT2D eigenvalue weighted by molar-refractivity contribution is 6.33. The number of hydrogen-bond acceptors (Lipinski definition) is 7. The van der Waals surface area contributed by atoms with Crippen LogP contribution in [0.15, 0.2) is 36.4 Å². The minimum atomic E-state index is -2.69. The van der Waals surface area contributed by atoms with Crippen molar-refractivity contribution < 1.29 is 33.4 Å². The largest absolute Gasteiger partial charge is 0.466 e. The highest BCUT2D eigenvalue weighted by atomic mass is 35.5. The van der Waals surface area contributed by atoms with E-state index >= 15 is 0 Å². The number of likely N-dealkylation sites (N-methyl/N-ethyl adjacent to an activating group) is 1. The maximum absolute atomic E-state index is 14.0. The summed E-state index contributed by atoms with van der Waals surface area (Å²) in [5.41, 5.74) is -5.79. The number of hydrogen-bond donors (Lipinski definition) is 1. The van der Waals surface area contributed by atoms with Gasteiger partial charge in [-0.05, 0) is 57.2 Å². The van der Waals surface area contributed by atoms with Gasteiger partial charge in [-0.25, -0.2) is 9.59 Å². The quantitative estimate of drug-likeness (QED) is 0.482. The lowest BCUT2D eigenvalue weighted by molar-refractivity contribution is -0.164. The molecule has 2 aliphatic heterocycles. The summed E-state index contributed by atoms with van der Waals surface area (Å²) < 4.78 is 16.4. The molecule has 1 N–H and O–H groups in total. The van der Waals surface area contributed by atoms with Gasteiger partial charge in [-0.2, -0.15) is 0 Å². The Morgan fingerprint density at radius 2 is 1.69 bits per heavy atom. The fourth-order valence-electron chi connectivity index (χ4n) is 4.43. The molecule has 184 valence electrons. The molecule has 0 saturated heterocycles. The van der Waals surface area contributed by atoms with E-state index in [4.69, 9.17) is 37.4 Å². The number of halogens is 2. The molecule has 0 unspecified atom stereocenters. The molecule has 0 spiro atoms. The van der Waals surface area contributed by atoms with Crippen molar-refractivity contribution >= 4 is 52.6 Å². The Bertz CT molecular complexity index is 1290. The van der Waals surface area contributed by atoms with Gasteiger partial charge in [0.25, 0.3) is 5.91 Å². The zero-order valence-electron chi connectivity index (χ0n) is 19.5. The Hall–Kier alpha value is -3.30. The number of ether oxygens (including phenoxy) is 3. The number of methoxy groups -OCH3 is 1. The van der Waals surface area contributed by atoms with Crippen molar-refractivity contribution in [2.45, 2.75) is 37.5 Å². The third kappa shape index (κ3) is 3.52. The number of rotatable bonds is 3. The summed E-state index contributed by atoms with van der Waals surface area (Å²) in [6.07, 6.45) is -1.07. The van der Waals surface area contributed by atoms with Gasteiger partial charge in [0.1, 0.15) is 11.4 Å². The molecule has 0 bridgehead atoms. The zero-order chi connectivity index (χ0) is 25.9. The average molecular weight is 521 g/mol. The van der Waals surface area contributed by atoms with Crippen molar-refractivity contribution in [2.75, 3.05) is 19.1 Å². The van der Waals surface area contributed by atoms with Crippen LogP contribution in [0, 0.1) is 0 Å². The van der Waals surface area contributed by atoms with E-state index in [1.807, 2.05) is 0 Å². The zero-order valence-corrected chi connectivity index (χ0v) is 21.0. The van der Waals surface area contributed by atoms with Gasteiger partial charge in [0, 0.05) is 28.3 Å². The minimum Gasteiger partial charge on any atom is -0.466 e. The first-order valence-corrected chi connectivity index (χ1v) is 11.2. The number of anilines is 1. The van der Waals surface area contributed by atoms with Crippen LogP contribution >= 0.6 is 23.2 Å². The van der Waals surface area contributed by atoms with Crippen LogP contribution in [0.25, 0.3) is 0 Å². The predicted octanol–water partition coefficient (Wildman–Crippen LogP) is 3.88. The fourth-order valence-corrected chi connectivity index (χ4v) is 4.77. The molecular weight excluding hydrogens is 499 g/mol. The average Bonchev–Trinajstić information content (AvgIpc) is 3.17. The van der Waals surface area contributed by atoms with E-state index in [1.165, 1.54) is 48.3 Å². The standard InChI is InChI=1S/C24H22Cl2N2O7/c1-22(2,3)35-21(32)27-23(15-11-13(26)6-8-16(15)28(4)19(23)30)24(20(31)33-5)18(29)14-10-12(25)7-9-17(14)34-24/h6-11H,1-5H3,(H,27,32)/t23-,24-/m0/s1. The number of amides is 2. The summed E-state index contributed by atoms with van der Waals surface area (Å²) >= 11 is 12.4. The topological polar surface area (TPSA) is 111 Å². The molecule has 4 rings (SSSR count). The van der Waals surface area contributed by atoms with Crippen LogP contribution in [-0.2, 0) is 24.6 Å². The smallest absolute Gasteiger partial charge is 0.408 e. The number of Topliss-reactive ketones (excluding diaryl/α,β-unsaturated/α-hetero) is 1. The summed E-state index contributed by atoms with van der Waals surface area (Å²) in [6, 6.07) is 8.61. The third-order valence-electron chi connectivity index (χ3n) is 5.81. The maximum atomic E-state index is 14.0. The minimum absolute atomic E-state index is 0.0129. The van der Waals surface area contributed by atoms with Gasteiger partial charge in [-0.3, -0.25) is 14.9 Å². The van der Waals surface area contributed by atoms with Crippen LogP contribution in [-0.4, -0.2) is 49.1 Å². The number of ketones is 1. The van der Waals surface area contributed by atoms with Crippen LogP contribution in [0.3, 0.4) is 0 Å². The molecule has 0 saturated carbocycles. The van der Waals surface area contributed by atoms with Crippen LogP contribution < -0.4 is 15.0 Å². The normalized spacial score (nSPS) is 22.9. The van der Waals surface area contributed by atoms with E-state index in [2.05, 4.69) is 5.32 Å². The van der Waals surface area contributed by atoms with Gasteiger partial charge < -0.3 is 19.1 Å². The van der Waals surface area contributed by atoms with E-state index in [9.17, 15) is 19.2 Å². The maximum Gasteiger partial charge on any atom is 0.408 e. The lowest BCUT2D eigenvalue weighted by Gasteiger charge is -2.41. The number of carbonyl (C=O) groups is 4. The fraction of sp³-hybridized carbons (Fsp3) is 0.333. The second-order valence-electron chi connectivity index (χ2n) is 9.15. The number of benzene rings is 2. The molecule has 9 nitrogen and oxygen atoms in total.